The van der Waals surface area contributed by atoms with Crippen LogP contribution in [-0.2, 0) is 60.8 Å². The molecule has 14 rings (SSSR count). The van der Waals surface area contributed by atoms with Gasteiger partial charge in [0.05, 0.1) is 0 Å². The summed E-state index contributed by atoms with van der Waals surface area (Å²) < 4.78 is 13.1. The van der Waals surface area contributed by atoms with Gasteiger partial charge in [0, 0.05) is 59.8 Å². The van der Waals surface area contributed by atoms with Crippen LogP contribution in [0.25, 0.3) is 55.3 Å². The molecule has 6 aliphatic heterocycles. The Kier molecular flexibility index (Phi) is 10.4. The van der Waals surface area contributed by atoms with Gasteiger partial charge in [-0.3, -0.25) is 0 Å². The minimum absolute atomic E-state index is 0.0548. The Labute approximate surface area is 438 Å². The van der Waals surface area contributed by atoms with Crippen molar-refractivity contribution in [2.45, 2.75) is 90.9 Å². The molecule has 75 heavy (non-hydrogen) atoms. The molecule has 0 fully saturated rings. The maximum Gasteiger partial charge on any atom is 0.137 e. The molecule has 0 saturated heterocycles. The van der Waals surface area contributed by atoms with Gasteiger partial charge in [-0.05, 0) is 251 Å². The van der Waals surface area contributed by atoms with Crippen molar-refractivity contribution in [1.82, 2.24) is 0 Å². The molecule has 6 heterocycles. The Morgan fingerprint density at radius 2 is 0.867 bits per heavy atom. The first-order valence-electron chi connectivity index (χ1n) is 26.9. The fraction of sp³-hybridized carbons (Fsp3) is 0.284. The van der Waals surface area contributed by atoms with Crippen molar-refractivity contribution >= 4 is 44.4 Å². The summed E-state index contributed by atoms with van der Waals surface area (Å²) in [5.41, 5.74) is 22.0. The summed E-state index contributed by atoms with van der Waals surface area (Å²) in [6.45, 7) is 8.31. The number of anilines is 2. The van der Waals surface area contributed by atoms with Crippen molar-refractivity contribution in [3.63, 3.8) is 0 Å². The molecule has 1 atom stereocenters. The number of benzene rings is 6. The normalized spacial score (nSPS) is 19.7. The van der Waals surface area contributed by atoms with Crippen molar-refractivity contribution < 1.29 is 9.47 Å². The second kappa shape index (κ2) is 17.3. The molecule has 0 saturated carbocycles. The number of allylic oxidation sites excluding steroid dienone is 10. The number of hydrogen-bond acceptors (Lipinski definition) is 8. The maximum absolute atomic E-state index is 10.1. The fourth-order valence-electron chi connectivity index (χ4n) is 14.7. The van der Waals surface area contributed by atoms with Crippen molar-refractivity contribution in [3.8, 4) is 46.5 Å². The molecular weight excluding hydrogens is 921 g/mol. The molecule has 0 radical (unpaired) electrons. The van der Waals surface area contributed by atoms with Gasteiger partial charge in [-0.2, -0.15) is 21.0 Å². The molecule has 0 aromatic heterocycles. The van der Waals surface area contributed by atoms with Crippen LogP contribution < -0.4 is 9.80 Å². The molecule has 0 N–H and O–H groups in total. The molecule has 6 aromatic rings. The summed E-state index contributed by atoms with van der Waals surface area (Å²) in [6.07, 6.45) is 19.7. The zero-order valence-corrected chi connectivity index (χ0v) is 42.6. The molecule has 8 heteroatoms. The lowest BCUT2D eigenvalue weighted by atomic mass is 9.60. The Balaban J connectivity index is 0.986. The van der Waals surface area contributed by atoms with Crippen LogP contribution in [0.4, 0.5) is 11.4 Å². The van der Waals surface area contributed by atoms with Gasteiger partial charge in [-0.1, -0.05) is 30.3 Å². The Morgan fingerprint density at radius 1 is 0.453 bits per heavy atom. The van der Waals surface area contributed by atoms with E-state index in [9.17, 15) is 21.0 Å². The van der Waals surface area contributed by atoms with Crippen molar-refractivity contribution in [2.24, 2.45) is 5.41 Å². The zero-order chi connectivity index (χ0) is 50.7. The van der Waals surface area contributed by atoms with Crippen LogP contribution in [0.15, 0.2) is 131 Å². The largest absolute Gasteiger partial charge is 0.461 e. The fourth-order valence-corrected chi connectivity index (χ4v) is 14.7. The summed E-state index contributed by atoms with van der Waals surface area (Å²) in [4.78, 5) is 5.24. The number of rotatable bonds is 4. The van der Waals surface area contributed by atoms with E-state index in [0.29, 0.717) is 34.2 Å². The van der Waals surface area contributed by atoms with E-state index in [0.717, 1.165) is 94.1 Å². The molecule has 8 aliphatic rings. The predicted molar refractivity (Wildman–Crippen MR) is 296 cm³/mol. The summed E-state index contributed by atoms with van der Waals surface area (Å²) in [5.74, 6) is 2.53. The summed E-state index contributed by atoms with van der Waals surface area (Å²) >= 11 is 0. The third kappa shape index (κ3) is 7.34. The van der Waals surface area contributed by atoms with Crippen LogP contribution in [0.2, 0.25) is 0 Å². The first-order chi connectivity index (χ1) is 36.7. The molecule has 364 valence electrons. The highest BCUT2D eigenvalue weighted by Crippen LogP contribution is 2.54. The molecule has 1 spiro atoms. The SMILES string of the molecule is CC1=CC(=C(C#N)C#N)C=C(c2cc3c4c(c(-c5cc6c7c(c5)CCCN7CCC6)ccc4c2)C[C@@]2(Cc4cc(-c5cc6c7c(c5)CCCN7CCC6)cc5ccc(C6=CC(=C(C#N)C#N)C=C(C)O6)c(c45)C2)C3)O1. The van der Waals surface area contributed by atoms with Gasteiger partial charge >= 0.3 is 0 Å². The number of aryl methyl sites for hydroxylation is 4. The third-order valence-corrected chi connectivity index (χ3v) is 17.6. The standard InChI is InChI=1S/C67H54N6O2/c1-39-19-47(55(35-68)36-69)29-61(74-39)52-22-42-11-13-57(51-25-45-9-5-17-73-18-6-10-46(26-51)66(45)73)59-33-67(32-54(28-52)63(42)59)31-53-27-49(50-23-43-7-3-15-72-16-4-8-44(24-50)65(43)72)21-41-12-14-58(60(34-67)64(41)53)62-30-48(20-40(2)75-62)56(37-70)38-71/h11-14,19-30H,3-10,15-18,31-34H2,1-2H3/t67-/m1/s1. The van der Waals surface area contributed by atoms with Crippen LogP contribution in [0.1, 0.15) is 95.2 Å². The Bertz CT molecular complexity index is 3900. The average molecular weight is 975 g/mol. The highest BCUT2D eigenvalue weighted by Gasteiger charge is 2.42. The van der Waals surface area contributed by atoms with Crippen LogP contribution in [-0.4, -0.2) is 26.2 Å². The van der Waals surface area contributed by atoms with Crippen molar-refractivity contribution in [1.29, 1.82) is 21.0 Å². The highest BCUT2D eigenvalue weighted by molar-refractivity contribution is 6.00. The van der Waals surface area contributed by atoms with Gasteiger partial charge < -0.3 is 19.3 Å². The van der Waals surface area contributed by atoms with E-state index >= 15 is 0 Å². The molecule has 0 amide bonds. The Morgan fingerprint density at radius 3 is 1.39 bits per heavy atom. The summed E-state index contributed by atoms with van der Waals surface area (Å²) in [6, 6.07) is 37.0. The third-order valence-electron chi connectivity index (χ3n) is 17.6. The van der Waals surface area contributed by atoms with Gasteiger partial charge in [0.15, 0.2) is 0 Å². The van der Waals surface area contributed by atoms with E-state index in [1.54, 1.807) is 12.2 Å². The topological polar surface area (TPSA) is 120 Å². The lowest BCUT2D eigenvalue weighted by Crippen LogP contribution is -2.37. The van der Waals surface area contributed by atoms with Crippen molar-refractivity contribution in [2.75, 3.05) is 36.0 Å². The van der Waals surface area contributed by atoms with E-state index in [2.05, 4.69) is 107 Å². The molecule has 8 nitrogen and oxygen atoms in total. The summed E-state index contributed by atoms with van der Waals surface area (Å²) in [5, 5.41) is 44.9. The maximum atomic E-state index is 10.1. The number of nitriles is 4. The molecule has 2 aliphatic carbocycles. The number of hydrogen-bond donors (Lipinski definition) is 0. The zero-order valence-electron chi connectivity index (χ0n) is 42.6. The monoisotopic (exact) mass is 974 g/mol. The van der Waals surface area contributed by atoms with E-state index in [1.165, 1.54) is 120 Å². The first kappa shape index (κ1) is 45.1. The van der Waals surface area contributed by atoms with E-state index in [-0.39, 0.29) is 16.6 Å². The molecule has 0 unspecified atom stereocenters. The molecule has 0 bridgehead atoms. The minimum Gasteiger partial charge on any atom is -0.461 e. The lowest BCUT2D eigenvalue weighted by molar-refractivity contribution is 0.267. The second-order valence-corrected chi connectivity index (χ2v) is 22.4. The number of ether oxygens (including phenoxy) is 2. The van der Waals surface area contributed by atoms with Gasteiger partial charge in [0.25, 0.3) is 0 Å². The number of nitrogens with zero attached hydrogens (tertiary/aromatic N) is 6. The van der Waals surface area contributed by atoms with Crippen LogP contribution >= 0.6 is 0 Å². The van der Waals surface area contributed by atoms with Gasteiger partial charge in [0.2, 0.25) is 0 Å². The van der Waals surface area contributed by atoms with E-state index in [1.807, 2.05) is 26.0 Å². The smallest absolute Gasteiger partial charge is 0.137 e. The summed E-state index contributed by atoms with van der Waals surface area (Å²) in [7, 11) is 0. The van der Waals surface area contributed by atoms with Crippen LogP contribution in [0.3, 0.4) is 0 Å². The average Bonchev–Trinajstić information content (AvgIpc) is 3.41. The highest BCUT2D eigenvalue weighted by atomic mass is 16.5. The van der Waals surface area contributed by atoms with E-state index < -0.39 is 0 Å². The predicted octanol–water partition coefficient (Wildman–Crippen LogP) is 13.8. The van der Waals surface area contributed by atoms with Crippen LogP contribution in [0.5, 0.6) is 0 Å². The van der Waals surface area contributed by atoms with E-state index in [4.69, 9.17) is 9.47 Å². The molecule has 6 aromatic carbocycles. The van der Waals surface area contributed by atoms with Crippen molar-refractivity contribution in [3.05, 3.63) is 187 Å². The van der Waals surface area contributed by atoms with Gasteiger partial charge in [-0.15, -0.1) is 0 Å². The first-order valence-corrected chi connectivity index (χ1v) is 26.9. The van der Waals surface area contributed by atoms with Gasteiger partial charge in [0.1, 0.15) is 58.5 Å². The minimum atomic E-state index is -0.272. The Hall–Kier alpha value is -8.56. The quantitative estimate of drug-likeness (QED) is 0.160. The van der Waals surface area contributed by atoms with Gasteiger partial charge in [-0.25, -0.2) is 0 Å². The van der Waals surface area contributed by atoms with Crippen LogP contribution in [0, 0.1) is 50.7 Å². The lowest BCUT2D eigenvalue weighted by Gasteiger charge is -2.44. The second-order valence-electron chi connectivity index (χ2n) is 22.4. The molecular formula is C67H54N6O2.